The van der Waals surface area contributed by atoms with Crippen molar-refractivity contribution in [2.75, 3.05) is 10.6 Å². The van der Waals surface area contributed by atoms with Gasteiger partial charge in [0, 0.05) is 40.4 Å². The lowest BCUT2D eigenvalue weighted by Gasteiger charge is -2.11. The lowest BCUT2D eigenvalue weighted by Crippen LogP contribution is -2.07. The molecule has 162 valence electrons. The van der Waals surface area contributed by atoms with Crippen LogP contribution in [0.1, 0.15) is 12.5 Å². The van der Waals surface area contributed by atoms with Gasteiger partial charge in [0.1, 0.15) is 12.1 Å². The first-order valence-corrected chi connectivity index (χ1v) is 10.8. The largest absolute Gasteiger partial charge is 0.343 e. The van der Waals surface area contributed by atoms with Gasteiger partial charge in [-0.05, 0) is 61.0 Å². The molecule has 0 saturated heterocycles. The molecule has 0 spiro atoms. The Balaban J connectivity index is 1.43. The van der Waals surface area contributed by atoms with Gasteiger partial charge in [0.05, 0.1) is 5.52 Å². The molecule has 0 fully saturated rings. The molecule has 0 atom stereocenters. The monoisotopic (exact) mass is 433 g/mol. The van der Waals surface area contributed by atoms with Gasteiger partial charge in [-0.15, -0.1) is 0 Å². The normalized spacial score (nSPS) is 11.3. The minimum atomic E-state index is -0.173. The van der Waals surface area contributed by atoms with E-state index in [9.17, 15) is 4.79 Å². The van der Waals surface area contributed by atoms with Crippen LogP contribution in [0.4, 0.5) is 17.2 Å². The minimum absolute atomic E-state index is 0.173. The summed E-state index contributed by atoms with van der Waals surface area (Å²) in [5.74, 6) is 0.513. The Kier molecular flexibility index (Phi) is 5.55. The molecular weight excluding hydrogens is 410 g/mol. The third-order valence-corrected chi connectivity index (χ3v) is 5.45. The number of hydrogen-bond donors (Lipinski definition) is 2. The molecule has 0 bridgehead atoms. The van der Waals surface area contributed by atoms with E-state index in [-0.39, 0.29) is 5.91 Å². The SMILES string of the molecule is CC=CC(=O)Nc1ccc2ncnc(Nc3ccc4c(ccn4Cc4ccccc4)c3)c2c1. The smallest absolute Gasteiger partial charge is 0.248 e. The average molecular weight is 434 g/mol. The van der Waals surface area contributed by atoms with Crippen molar-refractivity contribution in [3.05, 3.63) is 103 Å². The number of nitrogens with one attached hydrogen (secondary N) is 2. The van der Waals surface area contributed by atoms with Crippen molar-refractivity contribution in [2.24, 2.45) is 0 Å². The third-order valence-electron chi connectivity index (χ3n) is 5.45. The van der Waals surface area contributed by atoms with Crippen molar-refractivity contribution in [3.8, 4) is 0 Å². The van der Waals surface area contributed by atoms with E-state index in [1.54, 1.807) is 6.08 Å². The Morgan fingerprint density at radius 2 is 1.82 bits per heavy atom. The molecule has 6 nitrogen and oxygen atoms in total. The quantitative estimate of drug-likeness (QED) is 0.328. The Morgan fingerprint density at radius 3 is 2.67 bits per heavy atom. The summed E-state index contributed by atoms with van der Waals surface area (Å²) < 4.78 is 2.24. The molecule has 5 aromatic rings. The van der Waals surface area contributed by atoms with Gasteiger partial charge in [0.2, 0.25) is 5.91 Å². The Labute approximate surface area is 191 Å². The molecule has 0 saturated carbocycles. The molecule has 3 aromatic carbocycles. The number of nitrogens with zero attached hydrogens (tertiary/aromatic N) is 3. The molecule has 0 radical (unpaired) electrons. The van der Waals surface area contributed by atoms with Crippen LogP contribution in [0.15, 0.2) is 97.5 Å². The van der Waals surface area contributed by atoms with E-state index >= 15 is 0 Å². The summed E-state index contributed by atoms with van der Waals surface area (Å²) in [5.41, 5.74) is 4.86. The number of carbonyl (C=O) groups excluding carboxylic acids is 1. The highest BCUT2D eigenvalue weighted by molar-refractivity contribution is 6.02. The standard InChI is InChI=1S/C27H23N5O/c1-2-6-26(33)30-22-9-11-24-23(16-22)27(29-18-28-24)31-21-10-12-25-20(15-21)13-14-32(25)17-19-7-4-3-5-8-19/h2-16,18H,17H2,1H3,(H,30,33)(H,28,29,31). The number of benzene rings is 3. The van der Waals surface area contributed by atoms with Crippen LogP contribution in [0.25, 0.3) is 21.8 Å². The highest BCUT2D eigenvalue weighted by atomic mass is 16.1. The first-order valence-electron chi connectivity index (χ1n) is 10.8. The average Bonchev–Trinajstić information content (AvgIpc) is 3.22. The second-order valence-electron chi connectivity index (χ2n) is 7.77. The van der Waals surface area contributed by atoms with Crippen molar-refractivity contribution in [1.82, 2.24) is 14.5 Å². The maximum absolute atomic E-state index is 11.9. The molecular formula is C27H23N5O. The summed E-state index contributed by atoms with van der Waals surface area (Å²) in [6, 6.07) is 24.4. The van der Waals surface area contributed by atoms with Crippen molar-refractivity contribution in [2.45, 2.75) is 13.5 Å². The fourth-order valence-corrected chi connectivity index (χ4v) is 3.90. The summed E-state index contributed by atoms with van der Waals surface area (Å²) in [6.45, 7) is 2.64. The fourth-order valence-electron chi connectivity index (χ4n) is 3.90. The highest BCUT2D eigenvalue weighted by Gasteiger charge is 2.08. The van der Waals surface area contributed by atoms with Crippen molar-refractivity contribution in [1.29, 1.82) is 0 Å². The zero-order chi connectivity index (χ0) is 22.6. The number of carbonyl (C=O) groups is 1. The molecule has 2 N–H and O–H groups in total. The zero-order valence-corrected chi connectivity index (χ0v) is 18.2. The topological polar surface area (TPSA) is 71.8 Å². The van der Waals surface area contributed by atoms with Gasteiger partial charge in [-0.1, -0.05) is 36.4 Å². The van der Waals surface area contributed by atoms with Gasteiger partial charge in [0.25, 0.3) is 0 Å². The molecule has 0 aliphatic carbocycles. The van der Waals surface area contributed by atoms with E-state index in [0.717, 1.165) is 28.5 Å². The fraction of sp³-hybridized carbons (Fsp3) is 0.0741. The number of amides is 1. The minimum Gasteiger partial charge on any atom is -0.343 e. The van der Waals surface area contributed by atoms with Gasteiger partial charge in [0.15, 0.2) is 0 Å². The number of aromatic nitrogens is 3. The van der Waals surface area contributed by atoms with Crippen LogP contribution in [0, 0.1) is 0 Å². The lowest BCUT2D eigenvalue weighted by atomic mass is 10.2. The zero-order valence-electron chi connectivity index (χ0n) is 18.2. The number of fused-ring (bicyclic) bond motifs is 2. The third kappa shape index (κ3) is 4.45. The summed E-state index contributed by atoms with van der Waals surface area (Å²) in [7, 11) is 0. The second-order valence-corrected chi connectivity index (χ2v) is 7.77. The predicted molar refractivity (Wildman–Crippen MR) is 134 cm³/mol. The predicted octanol–water partition coefficient (Wildman–Crippen LogP) is 5.89. The second kappa shape index (κ2) is 8.96. The molecule has 0 unspecified atom stereocenters. The van der Waals surface area contributed by atoms with Crippen LogP contribution in [0.5, 0.6) is 0 Å². The summed E-state index contributed by atoms with van der Waals surface area (Å²) in [6.07, 6.45) is 6.85. The number of hydrogen-bond acceptors (Lipinski definition) is 4. The first-order chi connectivity index (χ1) is 16.2. The van der Waals surface area contributed by atoms with E-state index in [4.69, 9.17) is 0 Å². The van der Waals surface area contributed by atoms with Crippen LogP contribution in [0.2, 0.25) is 0 Å². The molecule has 0 aliphatic rings. The molecule has 2 aromatic heterocycles. The summed E-state index contributed by atoms with van der Waals surface area (Å²) in [5, 5.41) is 8.26. The van der Waals surface area contributed by atoms with E-state index in [1.165, 1.54) is 23.5 Å². The maximum Gasteiger partial charge on any atom is 0.248 e. The van der Waals surface area contributed by atoms with Gasteiger partial charge < -0.3 is 15.2 Å². The van der Waals surface area contributed by atoms with Crippen molar-refractivity contribution < 1.29 is 4.79 Å². The Hall–Kier alpha value is -4.45. The molecule has 33 heavy (non-hydrogen) atoms. The van der Waals surface area contributed by atoms with Crippen LogP contribution in [0.3, 0.4) is 0 Å². The van der Waals surface area contributed by atoms with Gasteiger partial charge in [-0.25, -0.2) is 9.97 Å². The Bertz CT molecular complexity index is 1470. The van der Waals surface area contributed by atoms with Crippen molar-refractivity contribution in [3.63, 3.8) is 0 Å². The summed E-state index contributed by atoms with van der Waals surface area (Å²) >= 11 is 0. The van der Waals surface area contributed by atoms with Crippen LogP contribution >= 0.6 is 0 Å². The maximum atomic E-state index is 11.9. The van der Waals surface area contributed by atoms with Crippen LogP contribution in [-0.4, -0.2) is 20.4 Å². The first kappa shape index (κ1) is 20.5. The lowest BCUT2D eigenvalue weighted by molar-refractivity contribution is -0.111. The van der Waals surface area contributed by atoms with Gasteiger partial charge in [-0.3, -0.25) is 4.79 Å². The van der Waals surface area contributed by atoms with Crippen LogP contribution in [-0.2, 0) is 11.3 Å². The number of rotatable bonds is 6. The molecule has 1 amide bonds. The number of anilines is 3. The van der Waals surface area contributed by atoms with E-state index in [0.29, 0.717) is 11.5 Å². The molecule has 2 heterocycles. The van der Waals surface area contributed by atoms with Crippen molar-refractivity contribution >= 4 is 44.9 Å². The van der Waals surface area contributed by atoms with Gasteiger partial charge in [-0.2, -0.15) is 0 Å². The van der Waals surface area contributed by atoms with E-state index in [1.807, 2.05) is 31.2 Å². The van der Waals surface area contributed by atoms with E-state index in [2.05, 4.69) is 79.9 Å². The molecule has 5 rings (SSSR count). The number of allylic oxidation sites excluding steroid dienone is 1. The van der Waals surface area contributed by atoms with E-state index < -0.39 is 0 Å². The van der Waals surface area contributed by atoms with Gasteiger partial charge >= 0.3 is 0 Å². The molecule has 0 aliphatic heterocycles. The van der Waals surface area contributed by atoms with Crippen LogP contribution < -0.4 is 10.6 Å². The molecule has 6 heteroatoms. The summed E-state index contributed by atoms with van der Waals surface area (Å²) in [4.78, 5) is 20.7. The highest BCUT2D eigenvalue weighted by Crippen LogP contribution is 2.28. The Morgan fingerprint density at radius 1 is 0.970 bits per heavy atom.